The van der Waals surface area contributed by atoms with E-state index in [0.717, 1.165) is 3.57 Å². The molecule has 1 unspecified atom stereocenters. The fourth-order valence-electron chi connectivity index (χ4n) is 1.88. The van der Waals surface area contributed by atoms with Crippen molar-refractivity contribution in [3.05, 3.63) is 33.4 Å². The third-order valence-electron chi connectivity index (χ3n) is 2.87. The first-order valence-electron chi connectivity index (χ1n) is 5.75. The van der Waals surface area contributed by atoms with E-state index in [-0.39, 0.29) is 11.7 Å². The standard InChI is InChI=1S/C12H14IN3O3/c13-9-3-1-2-8(6-9)12(17)16-4-5-19-10(7-16)11(14)15-18/h1-3,6,10,18H,4-5,7H2,(H2,14,15). The number of hydrogen-bond donors (Lipinski definition) is 2. The second kappa shape index (κ2) is 6.20. The van der Waals surface area contributed by atoms with Crippen LogP contribution in [0.4, 0.5) is 0 Å². The number of rotatable bonds is 2. The van der Waals surface area contributed by atoms with Gasteiger partial charge in [0.15, 0.2) is 5.84 Å². The van der Waals surface area contributed by atoms with E-state index in [0.29, 0.717) is 25.3 Å². The van der Waals surface area contributed by atoms with Gasteiger partial charge in [-0.05, 0) is 40.8 Å². The molecule has 1 aromatic rings. The van der Waals surface area contributed by atoms with Crippen molar-refractivity contribution in [3.8, 4) is 0 Å². The molecule has 1 amide bonds. The largest absolute Gasteiger partial charge is 0.409 e. The van der Waals surface area contributed by atoms with Crippen molar-refractivity contribution in [2.45, 2.75) is 6.10 Å². The summed E-state index contributed by atoms with van der Waals surface area (Å²) in [5, 5.41) is 11.6. The van der Waals surface area contributed by atoms with E-state index < -0.39 is 6.10 Å². The van der Waals surface area contributed by atoms with Crippen LogP contribution >= 0.6 is 22.6 Å². The third kappa shape index (κ3) is 3.35. The molecule has 1 aromatic carbocycles. The molecule has 0 radical (unpaired) electrons. The van der Waals surface area contributed by atoms with Crippen LogP contribution in [0.2, 0.25) is 0 Å². The summed E-state index contributed by atoms with van der Waals surface area (Å²) in [7, 11) is 0. The smallest absolute Gasteiger partial charge is 0.254 e. The molecule has 0 saturated carbocycles. The van der Waals surface area contributed by atoms with E-state index in [1.807, 2.05) is 18.2 Å². The second-order valence-electron chi connectivity index (χ2n) is 4.15. The van der Waals surface area contributed by atoms with Crippen molar-refractivity contribution in [2.75, 3.05) is 19.7 Å². The molecule has 19 heavy (non-hydrogen) atoms. The van der Waals surface area contributed by atoms with Crippen molar-refractivity contribution in [3.63, 3.8) is 0 Å². The number of oxime groups is 1. The second-order valence-corrected chi connectivity index (χ2v) is 5.39. The maximum atomic E-state index is 12.3. The Bertz CT molecular complexity index is 507. The summed E-state index contributed by atoms with van der Waals surface area (Å²) in [6, 6.07) is 7.38. The third-order valence-corrected chi connectivity index (χ3v) is 3.54. The van der Waals surface area contributed by atoms with Gasteiger partial charge in [-0.1, -0.05) is 11.2 Å². The quantitative estimate of drug-likeness (QED) is 0.264. The van der Waals surface area contributed by atoms with E-state index in [1.165, 1.54) is 0 Å². The Morgan fingerprint density at radius 2 is 2.37 bits per heavy atom. The van der Waals surface area contributed by atoms with Crippen molar-refractivity contribution in [2.24, 2.45) is 10.9 Å². The lowest BCUT2D eigenvalue weighted by Crippen LogP contribution is -2.50. The molecule has 102 valence electrons. The van der Waals surface area contributed by atoms with Gasteiger partial charge in [0.05, 0.1) is 13.2 Å². The summed E-state index contributed by atoms with van der Waals surface area (Å²) in [4.78, 5) is 14.0. The molecule has 6 nitrogen and oxygen atoms in total. The molecule has 0 spiro atoms. The van der Waals surface area contributed by atoms with E-state index in [2.05, 4.69) is 27.7 Å². The number of nitrogens with two attached hydrogens (primary N) is 1. The predicted molar refractivity (Wildman–Crippen MR) is 78.2 cm³/mol. The Morgan fingerprint density at radius 1 is 1.58 bits per heavy atom. The lowest BCUT2D eigenvalue weighted by molar-refractivity contribution is 0.00675. The zero-order valence-corrected chi connectivity index (χ0v) is 12.3. The molecule has 1 saturated heterocycles. The van der Waals surface area contributed by atoms with Gasteiger partial charge in [0, 0.05) is 15.7 Å². The van der Waals surface area contributed by atoms with Crippen molar-refractivity contribution >= 4 is 34.3 Å². The van der Waals surface area contributed by atoms with Gasteiger partial charge in [-0.2, -0.15) is 0 Å². The van der Waals surface area contributed by atoms with Crippen LogP contribution in [0.25, 0.3) is 0 Å². The van der Waals surface area contributed by atoms with E-state index in [4.69, 9.17) is 15.7 Å². The van der Waals surface area contributed by atoms with Crippen LogP contribution in [-0.2, 0) is 4.74 Å². The van der Waals surface area contributed by atoms with Crippen molar-refractivity contribution in [1.29, 1.82) is 0 Å². The first-order chi connectivity index (χ1) is 9.11. The number of benzene rings is 1. The number of morpholine rings is 1. The van der Waals surface area contributed by atoms with Crippen LogP contribution in [-0.4, -0.2) is 47.7 Å². The Hall–Kier alpha value is -1.35. The number of ether oxygens (including phenoxy) is 1. The van der Waals surface area contributed by atoms with Gasteiger partial charge in [0.2, 0.25) is 0 Å². The average molecular weight is 375 g/mol. The SMILES string of the molecule is NC(=NO)C1CN(C(=O)c2cccc(I)c2)CCO1. The molecule has 0 aliphatic carbocycles. The Labute approximate surface area is 124 Å². The van der Waals surface area contributed by atoms with E-state index >= 15 is 0 Å². The number of carbonyl (C=O) groups excluding carboxylic acids is 1. The van der Waals surface area contributed by atoms with E-state index in [1.54, 1.807) is 11.0 Å². The molecule has 1 heterocycles. The fourth-order valence-corrected chi connectivity index (χ4v) is 2.42. The minimum Gasteiger partial charge on any atom is -0.409 e. The highest BCUT2D eigenvalue weighted by atomic mass is 127. The van der Waals surface area contributed by atoms with Crippen LogP contribution in [0.1, 0.15) is 10.4 Å². The first kappa shape index (κ1) is 14.1. The van der Waals surface area contributed by atoms with Crippen LogP contribution < -0.4 is 5.73 Å². The topological polar surface area (TPSA) is 88.2 Å². The van der Waals surface area contributed by atoms with Gasteiger partial charge >= 0.3 is 0 Å². The maximum absolute atomic E-state index is 12.3. The zero-order chi connectivity index (χ0) is 13.8. The molecule has 0 bridgehead atoms. The van der Waals surface area contributed by atoms with Crippen LogP contribution in [0.15, 0.2) is 29.4 Å². The van der Waals surface area contributed by atoms with Crippen molar-refractivity contribution in [1.82, 2.24) is 4.90 Å². The van der Waals surface area contributed by atoms with Gasteiger partial charge in [-0.3, -0.25) is 4.79 Å². The number of nitrogens with zero attached hydrogens (tertiary/aromatic N) is 2. The lowest BCUT2D eigenvalue weighted by atomic mass is 10.1. The summed E-state index contributed by atoms with van der Waals surface area (Å²) in [6.45, 7) is 1.16. The molecular formula is C12H14IN3O3. The van der Waals surface area contributed by atoms with Crippen LogP contribution in [0, 0.1) is 3.57 Å². The zero-order valence-electron chi connectivity index (χ0n) is 10.1. The normalized spacial score (nSPS) is 20.4. The Morgan fingerprint density at radius 3 is 3.05 bits per heavy atom. The van der Waals surface area contributed by atoms with Gasteiger partial charge in [0.1, 0.15) is 6.10 Å². The lowest BCUT2D eigenvalue weighted by Gasteiger charge is -2.32. The molecule has 7 heteroatoms. The van der Waals surface area contributed by atoms with Gasteiger partial charge in [-0.25, -0.2) is 0 Å². The number of halogens is 1. The number of amides is 1. The molecular weight excluding hydrogens is 361 g/mol. The molecule has 0 aromatic heterocycles. The minimum atomic E-state index is -0.550. The molecule has 1 aliphatic rings. The van der Waals surface area contributed by atoms with Gasteiger partial charge in [0.25, 0.3) is 5.91 Å². The maximum Gasteiger partial charge on any atom is 0.254 e. The highest BCUT2D eigenvalue weighted by Crippen LogP contribution is 2.13. The molecule has 1 fully saturated rings. The summed E-state index contributed by atoms with van der Waals surface area (Å²) in [5.74, 6) is -0.0855. The van der Waals surface area contributed by atoms with Gasteiger partial charge < -0.3 is 20.6 Å². The van der Waals surface area contributed by atoms with Crippen molar-refractivity contribution < 1.29 is 14.7 Å². The highest BCUT2D eigenvalue weighted by Gasteiger charge is 2.27. The van der Waals surface area contributed by atoms with Crippen LogP contribution in [0.3, 0.4) is 0 Å². The fraction of sp³-hybridized carbons (Fsp3) is 0.333. The number of amidine groups is 1. The molecule has 2 rings (SSSR count). The number of hydrogen-bond acceptors (Lipinski definition) is 4. The predicted octanol–water partition coefficient (Wildman–Crippen LogP) is 0.879. The Kier molecular flexibility index (Phi) is 4.59. The van der Waals surface area contributed by atoms with Gasteiger partial charge in [-0.15, -0.1) is 0 Å². The number of carbonyl (C=O) groups is 1. The van der Waals surface area contributed by atoms with E-state index in [9.17, 15) is 4.79 Å². The average Bonchev–Trinajstić information content (AvgIpc) is 2.45. The minimum absolute atomic E-state index is 0.0138. The van der Waals surface area contributed by atoms with Crippen LogP contribution in [0.5, 0.6) is 0 Å². The monoisotopic (exact) mass is 375 g/mol. The Balaban J connectivity index is 2.11. The summed E-state index contributed by atoms with van der Waals surface area (Å²) in [6.07, 6.45) is -0.550. The molecule has 1 atom stereocenters. The summed E-state index contributed by atoms with van der Waals surface area (Å²) >= 11 is 2.16. The summed E-state index contributed by atoms with van der Waals surface area (Å²) < 4.78 is 6.36. The highest BCUT2D eigenvalue weighted by molar-refractivity contribution is 14.1. The molecule has 3 N–H and O–H groups in total. The molecule has 1 aliphatic heterocycles. The first-order valence-corrected chi connectivity index (χ1v) is 6.83. The summed E-state index contributed by atoms with van der Waals surface area (Å²) in [5.41, 5.74) is 6.14.